The number of carbonyl (C=O) groups is 1. The van der Waals surface area contributed by atoms with Crippen LogP contribution in [0.1, 0.15) is 24.3 Å². The normalized spacial score (nSPS) is 18.3. The third kappa shape index (κ3) is 4.19. The maximum Gasteiger partial charge on any atom is 0.309 e. The Morgan fingerprint density at radius 3 is 2.85 bits per heavy atom. The van der Waals surface area contributed by atoms with Crippen molar-refractivity contribution in [2.24, 2.45) is 5.92 Å². The van der Waals surface area contributed by atoms with E-state index in [-0.39, 0.29) is 23.6 Å². The summed E-state index contributed by atoms with van der Waals surface area (Å²) in [6, 6.07) is 16.0. The van der Waals surface area contributed by atoms with Gasteiger partial charge in [-0.1, -0.05) is 42.5 Å². The quantitative estimate of drug-likeness (QED) is 0.474. The number of tetrazole rings is 1. The average molecular weight is 366 g/mol. The smallest absolute Gasteiger partial charge is 0.309 e. The first-order valence-electron chi connectivity index (χ1n) is 8.96. The summed E-state index contributed by atoms with van der Waals surface area (Å²) < 4.78 is 18.6. The van der Waals surface area contributed by atoms with Crippen LogP contribution in [0.3, 0.4) is 0 Å². The standard InChI is InChI=1S/C20H19FN4O2/c21-16-9-4-8-15(12-16)17-13-18(17)20(26)27-11-5-10-25-23-19(22-24-25)14-6-2-1-3-7-14/h1-4,6-9,12,17-18H,5,10-11,13H2. The minimum atomic E-state index is -0.276. The lowest BCUT2D eigenvalue weighted by atomic mass is 10.1. The lowest BCUT2D eigenvalue weighted by Gasteiger charge is -2.04. The molecule has 0 spiro atoms. The second kappa shape index (κ2) is 7.65. The molecule has 0 saturated heterocycles. The van der Waals surface area contributed by atoms with Gasteiger partial charge in [-0.3, -0.25) is 4.79 Å². The molecule has 1 aliphatic carbocycles. The van der Waals surface area contributed by atoms with Crippen molar-refractivity contribution in [2.45, 2.75) is 25.3 Å². The first kappa shape index (κ1) is 17.3. The highest BCUT2D eigenvalue weighted by Gasteiger charge is 2.45. The zero-order valence-electron chi connectivity index (χ0n) is 14.7. The average Bonchev–Trinajstić information content (AvgIpc) is 3.36. The van der Waals surface area contributed by atoms with Crippen LogP contribution in [0.15, 0.2) is 54.6 Å². The second-order valence-corrected chi connectivity index (χ2v) is 6.60. The van der Waals surface area contributed by atoms with Crippen LogP contribution < -0.4 is 0 Å². The summed E-state index contributed by atoms with van der Waals surface area (Å²) in [6.07, 6.45) is 1.32. The number of carbonyl (C=O) groups excluding carboxylic acids is 1. The Morgan fingerprint density at radius 1 is 1.19 bits per heavy atom. The molecule has 4 rings (SSSR count). The van der Waals surface area contributed by atoms with Crippen LogP contribution in [0.4, 0.5) is 4.39 Å². The Hall–Kier alpha value is -3.09. The van der Waals surface area contributed by atoms with Crippen LogP contribution in [0.25, 0.3) is 11.4 Å². The van der Waals surface area contributed by atoms with Gasteiger partial charge in [-0.05, 0) is 35.2 Å². The molecule has 1 aromatic heterocycles. The topological polar surface area (TPSA) is 69.9 Å². The number of aryl methyl sites for hydroxylation is 1. The van der Waals surface area contributed by atoms with E-state index in [0.29, 0.717) is 31.8 Å². The van der Waals surface area contributed by atoms with Gasteiger partial charge >= 0.3 is 5.97 Å². The van der Waals surface area contributed by atoms with E-state index < -0.39 is 0 Å². The summed E-state index contributed by atoms with van der Waals surface area (Å²) in [4.78, 5) is 13.6. The molecule has 0 amide bonds. The predicted octanol–water partition coefficient (Wildman–Crippen LogP) is 3.22. The summed E-state index contributed by atoms with van der Waals surface area (Å²) in [7, 11) is 0. The first-order chi connectivity index (χ1) is 13.2. The summed E-state index contributed by atoms with van der Waals surface area (Å²) in [5.74, 6) is -0.0226. The van der Waals surface area contributed by atoms with Gasteiger partial charge in [-0.25, -0.2) is 4.39 Å². The summed E-state index contributed by atoms with van der Waals surface area (Å²) in [5, 5.41) is 12.4. The van der Waals surface area contributed by atoms with Crippen molar-refractivity contribution in [2.75, 3.05) is 6.61 Å². The van der Waals surface area contributed by atoms with Gasteiger partial charge < -0.3 is 4.74 Å². The first-order valence-corrected chi connectivity index (χ1v) is 8.96. The van der Waals surface area contributed by atoms with Crippen LogP contribution in [-0.4, -0.2) is 32.8 Å². The number of hydrogen-bond acceptors (Lipinski definition) is 5. The van der Waals surface area contributed by atoms with Gasteiger partial charge in [-0.2, -0.15) is 4.80 Å². The molecule has 1 saturated carbocycles. The van der Waals surface area contributed by atoms with Crippen LogP contribution in [0.2, 0.25) is 0 Å². The number of benzene rings is 2. The maximum atomic E-state index is 13.3. The molecule has 2 aromatic carbocycles. The number of rotatable bonds is 7. The molecular weight excluding hydrogens is 347 g/mol. The SMILES string of the molecule is O=C(OCCCn1nnc(-c2ccccc2)n1)C1CC1c1cccc(F)c1. The van der Waals surface area contributed by atoms with E-state index in [0.717, 1.165) is 11.1 Å². The van der Waals surface area contributed by atoms with E-state index in [1.165, 1.54) is 16.9 Å². The van der Waals surface area contributed by atoms with E-state index >= 15 is 0 Å². The van der Waals surface area contributed by atoms with Crippen LogP contribution in [0.5, 0.6) is 0 Å². The van der Waals surface area contributed by atoms with Crippen molar-refractivity contribution in [3.8, 4) is 11.4 Å². The molecule has 138 valence electrons. The van der Waals surface area contributed by atoms with Crippen molar-refractivity contribution in [3.63, 3.8) is 0 Å². The van der Waals surface area contributed by atoms with E-state index in [1.54, 1.807) is 6.07 Å². The van der Waals surface area contributed by atoms with Gasteiger partial charge in [0.25, 0.3) is 0 Å². The van der Waals surface area contributed by atoms with Gasteiger partial charge in [0.2, 0.25) is 5.82 Å². The number of aromatic nitrogens is 4. The van der Waals surface area contributed by atoms with Gasteiger partial charge in [0.1, 0.15) is 5.82 Å². The summed E-state index contributed by atoms with van der Waals surface area (Å²) >= 11 is 0. The zero-order chi connectivity index (χ0) is 18.6. The van der Waals surface area contributed by atoms with Crippen molar-refractivity contribution < 1.29 is 13.9 Å². The molecule has 0 bridgehead atoms. The molecule has 6 nitrogen and oxygen atoms in total. The molecule has 0 N–H and O–H groups in total. The largest absolute Gasteiger partial charge is 0.465 e. The second-order valence-electron chi connectivity index (χ2n) is 6.60. The fraction of sp³-hybridized carbons (Fsp3) is 0.300. The van der Waals surface area contributed by atoms with Gasteiger partial charge in [-0.15, -0.1) is 10.2 Å². The minimum Gasteiger partial charge on any atom is -0.465 e. The van der Waals surface area contributed by atoms with Crippen LogP contribution in [0, 0.1) is 11.7 Å². The van der Waals surface area contributed by atoms with Gasteiger partial charge in [0.15, 0.2) is 0 Å². The van der Waals surface area contributed by atoms with Crippen molar-refractivity contribution in [1.82, 2.24) is 20.2 Å². The lowest BCUT2D eigenvalue weighted by molar-refractivity contribution is -0.145. The highest BCUT2D eigenvalue weighted by Crippen LogP contribution is 2.48. The molecule has 1 aliphatic rings. The highest BCUT2D eigenvalue weighted by atomic mass is 19.1. The third-order valence-electron chi connectivity index (χ3n) is 4.60. The number of hydrogen-bond donors (Lipinski definition) is 0. The highest BCUT2D eigenvalue weighted by molar-refractivity contribution is 5.77. The van der Waals surface area contributed by atoms with Crippen molar-refractivity contribution in [1.29, 1.82) is 0 Å². The molecule has 2 unspecified atom stereocenters. The molecule has 27 heavy (non-hydrogen) atoms. The number of esters is 1. The third-order valence-corrected chi connectivity index (χ3v) is 4.60. The molecule has 0 aliphatic heterocycles. The number of ether oxygens (including phenoxy) is 1. The Kier molecular flexibility index (Phi) is 4.91. The Balaban J connectivity index is 1.21. The summed E-state index contributed by atoms with van der Waals surface area (Å²) in [6.45, 7) is 0.818. The molecule has 1 heterocycles. The van der Waals surface area contributed by atoms with E-state index in [9.17, 15) is 9.18 Å². The van der Waals surface area contributed by atoms with E-state index in [1.807, 2.05) is 36.4 Å². The van der Waals surface area contributed by atoms with Crippen LogP contribution in [-0.2, 0) is 16.1 Å². The molecule has 7 heteroatoms. The Bertz CT molecular complexity index is 928. The molecular formula is C20H19FN4O2. The minimum absolute atomic E-state index is 0.0682. The Morgan fingerprint density at radius 2 is 2.04 bits per heavy atom. The number of halogens is 1. The van der Waals surface area contributed by atoms with E-state index in [2.05, 4.69) is 15.4 Å². The van der Waals surface area contributed by atoms with Crippen LogP contribution >= 0.6 is 0 Å². The molecule has 3 aromatic rings. The predicted molar refractivity (Wildman–Crippen MR) is 96.1 cm³/mol. The summed E-state index contributed by atoms with van der Waals surface area (Å²) in [5.41, 5.74) is 1.77. The Labute approximate surface area is 156 Å². The van der Waals surface area contributed by atoms with E-state index in [4.69, 9.17) is 4.74 Å². The molecule has 1 fully saturated rings. The monoisotopic (exact) mass is 366 g/mol. The molecule has 0 radical (unpaired) electrons. The van der Waals surface area contributed by atoms with Gasteiger partial charge in [0.05, 0.1) is 19.1 Å². The zero-order valence-corrected chi connectivity index (χ0v) is 14.7. The van der Waals surface area contributed by atoms with Gasteiger partial charge in [0, 0.05) is 12.0 Å². The molecule has 2 atom stereocenters. The fourth-order valence-electron chi connectivity index (χ4n) is 3.09. The van der Waals surface area contributed by atoms with Crippen molar-refractivity contribution in [3.05, 3.63) is 66.0 Å². The fourth-order valence-corrected chi connectivity index (χ4v) is 3.09. The lowest BCUT2D eigenvalue weighted by Crippen LogP contribution is -2.12. The number of nitrogens with zero attached hydrogens (tertiary/aromatic N) is 4. The van der Waals surface area contributed by atoms with Crippen molar-refractivity contribution >= 4 is 5.97 Å². The maximum absolute atomic E-state index is 13.3.